The molecule has 0 spiro atoms. The number of ether oxygens (including phenoxy) is 6. The first-order valence-corrected chi connectivity index (χ1v) is 11.6. The molecular weight excluding hydrogens is 508 g/mol. The van der Waals surface area contributed by atoms with E-state index in [9.17, 15) is 35.1 Å². The number of hydrogen-bond donors (Lipinski definition) is 5. The van der Waals surface area contributed by atoms with Crippen LogP contribution in [0.15, 0.2) is 24.3 Å². The number of esters is 1. The zero-order valence-electron chi connectivity index (χ0n) is 20.7. The molecule has 1 saturated heterocycles. The minimum absolute atomic E-state index is 0.00834. The Bertz CT molecular complexity index is 1210. The van der Waals surface area contributed by atoms with E-state index in [1.807, 2.05) is 0 Å². The Balaban J connectivity index is 1.67. The fourth-order valence-corrected chi connectivity index (χ4v) is 4.33. The summed E-state index contributed by atoms with van der Waals surface area (Å²) >= 11 is 0. The van der Waals surface area contributed by atoms with E-state index in [1.54, 1.807) is 0 Å². The molecule has 4 rings (SSSR count). The molecule has 13 nitrogen and oxygen atoms in total. The molecule has 6 unspecified atom stereocenters. The Kier molecular flexibility index (Phi) is 7.83. The molecule has 2 aromatic carbocycles. The number of phenolic OH excluding ortho intramolecular Hbond substituents is 2. The fraction of sp³-hybridized carbons (Fsp3) is 0.440. The molecule has 206 valence electrons. The van der Waals surface area contributed by atoms with Gasteiger partial charge in [-0.1, -0.05) is 0 Å². The van der Waals surface area contributed by atoms with Gasteiger partial charge in [-0.2, -0.15) is 0 Å². The van der Waals surface area contributed by atoms with Crippen molar-refractivity contribution in [1.82, 2.24) is 0 Å². The van der Waals surface area contributed by atoms with Gasteiger partial charge in [0.2, 0.25) is 12.0 Å². The van der Waals surface area contributed by atoms with Crippen LogP contribution in [0.25, 0.3) is 0 Å². The maximum atomic E-state index is 13.0. The third kappa shape index (κ3) is 5.13. The van der Waals surface area contributed by atoms with Crippen LogP contribution in [-0.4, -0.2) is 88.8 Å². The maximum absolute atomic E-state index is 13.0. The Morgan fingerprint density at radius 2 is 1.76 bits per heavy atom. The van der Waals surface area contributed by atoms with Gasteiger partial charge < -0.3 is 54.0 Å². The van der Waals surface area contributed by atoms with Crippen molar-refractivity contribution < 1.29 is 63.5 Å². The Labute approximate surface area is 216 Å². The first-order chi connectivity index (χ1) is 18.0. The second-order valence-electron chi connectivity index (χ2n) is 8.73. The van der Waals surface area contributed by atoms with Gasteiger partial charge in [-0.15, -0.1) is 0 Å². The van der Waals surface area contributed by atoms with Gasteiger partial charge in [-0.3, -0.25) is 9.59 Å². The summed E-state index contributed by atoms with van der Waals surface area (Å²) in [6, 6.07) is 5.13. The quantitative estimate of drug-likeness (QED) is 0.309. The summed E-state index contributed by atoms with van der Waals surface area (Å²) < 4.78 is 32.9. The summed E-state index contributed by atoms with van der Waals surface area (Å²) in [6.07, 6.45) is -9.06. The number of carbonyl (C=O) groups is 2. The number of Topliss-reactive ketones (excluding diaryl/α,β-unsaturated/α-hetero) is 1. The Morgan fingerprint density at radius 3 is 2.42 bits per heavy atom. The van der Waals surface area contributed by atoms with Gasteiger partial charge in [0, 0.05) is 18.6 Å². The average Bonchev–Trinajstić information content (AvgIpc) is 2.88. The standard InChI is InChI=1S/C25H28O13/c1-10(26)35-9-18-20(30)21(31)22(32)25(38-18)37-15-5-4-11(27)6-12(15)16-7-13(28)19-14(29)8-17(33-2)23(34-3)24(19)36-16/h4-6,8,16,18,20-22,25,27,29-32H,7,9H2,1-3H3. The molecule has 1 fully saturated rings. The minimum atomic E-state index is -1.71. The normalized spacial score (nSPS) is 26.6. The molecule has 0 radical (unpaired) electrons. The first kappa shape index (κ1) is 27.3. The lowest BCUT2D eigenvalue weighted by molar-refractivity contribution is -0.278. The molecular formula is C25H28O13. The van der Waals surface area contributed by atoms with E-state index in [-0.39, 0.29) is 52.0 Å². The molecule has 0 bridgehead atoms. The lowest BCUT2D eigenvalue weighted by Gasteiger charge is -2.40. The third-order valence-corrected chi connectivity index (χ3v) is 6.22. The van der Waals surface area contributed by atoms with Crippen LogP contribution in [0.4, 0.5) is 0 Å². The number of aliphatic hydroxyl groups excluding tert-OH is 3. The minimum Gasteiger partial charge on any atom is -0.508 e. The second-order valence-corrected chi connectivity index (χ2v) is 8.73. The van der Waals surface area contributed by atoms with Gasteiger partial charge >= 0.3 is 5.97 Å². The monoisotopic (exact) mass is 536 g/mol. The molecule has 0 amide bonds. The number of ketones is 1. The lowest BCUT2D eigenvalue weighted by Crippen LogP contribution is -2.60. The number of benzene rings is 2. The van der Waals surface area contributed by atoms with Gasteiger partial charge in [0.1, 0.15) is 59.9 Å². The predicted molar refractivity (Wildman–Crippen MR) is 126 cm³/mol. The van der Waals surface area contributed by atoms with Crippen LogP contribution in [0.1, 0.15) is 35.4 Å². The van der Waals surface area contributed by atoms with Crippen LogP contribution in [0.3, 0.4) is 0 Å². The molecule has 2 heterocycles. The van der Waals surface area contributed by atoms with Crippen LogP contribution in [-0.2, 0) is 14.3 Å². The van der Waals surface area contributed by atoms with Gasteiger partial charge in [0.25, 0.3) is 0 Å². The number of phenols is 2. The summed E-state index contributed by atoms with van der Waals surface area (Å²) in [4.78, 5) is 24.2. The molecule has 2 aliphatic heterocycles. The van der Waals surface area contributed by atoms with Crippen molar-refractivity contribution >= 4 is 11.8 Å². The number of hydrogen-bond acceptors (Lipinski definition) is 13. The molecule has 0 saturated carbocycles. The highest BCUT2D eigenvalue weighted by molar-refractivity contribution is 6.04. The average molecular weight is 536 g/mol. The van der Waals surface area contributed by atoms with E-state index < -0.39 is 55.2 Å². The summed E-state index contributed by atoms with van der Waals surface area (Å²) in [5, 5.41) is 51.6. The number of carbonyl (C=O) groups excluding carboxylic acids is 2. The molecule has 0 aliphatic carbocycles. The van der Waals surface area contributed by atoms with Crippen LogP contribution in [0, 0.1) is 0 Å². The van der Waals surface area contributed by atoms with E-state index in [0.29, 0.717) is 0 Å². The zero-order valence-corrected chi connectivity index (χ0v) is 20.7. The Morgan fingerprint density at radius 1 is 1.03 bits per heavy atom. The smallest absolute Gasteiger partial charge is 0.302 e. The number of methoxy groups -OCH3 is 2. The Hall–Kier alpha value is -3.78. The van der Waals surface area contributed by atoms with Crippen LogP contribution in [0.5, 0.6) is 34.5 Å². The number of aliphatic hydroxyl groups is 3. The zero-order chi connectivity index (χ0) is 27.7. The van der Waals surface area contributed by atoms with Crippen LogP contribution < -0.4 is 18.9 Å². The fourth-order valence-electron chi connectivity index (χ4n) is 4.33. The van der Waals surface area contributed by atoms with Crippen LogP contribution >= 0.6 is 0 Å². The first-order valence-electron chi connectivity index (χ1n) is 11.6. The van der Waals surface area contributed by atoms with Gasteiger partial charge in [-0.05, 0) is 18.2 Å². The highest BCUT2D eigenvalue weighted by Gasteiger charge is 2.46. The second kappa shape index (κ2) is 10.9. The topological polar surface area (TPSA) is 191 Å². The summed E-state index contributed by atoms with van der Waals surface area (Å²) in [5.74, 6) is -1.56. The van der Waals surface area contributed by atoms with E-state index in [4.69, 9.17) is 28.4 Å². The van der Waals surface area contributed by atoms with E-state index in [1.165, 1.54) is 38.5 Å². The van der Waals surface area contributed by atoms with Crippen molar-refractivity contribution in [2.75, 3.05) is 20.8 Å². The highest BCUT2D eigenvalue weighted by atomic mass is 16.7. The number of rotatable bonds is 7. The van der Waals surface area contributed by atoms with Gasteiger partial charge in [-0.25, -0.2) is 0 Å². The van der Waals surface area contributed by atoms with Crippen molar-refractivity contribution in [3.05, 3.63) is 35.4 Å². The number of aromatic hydroxyl groups is 2. The summed E-state index contributed by atoms with van der Waals surface area (Å²) in [6.45, 7) is 0.746. The van der Waals surface area contributed by atoms with Crippen molar-refractivity contribution in [3.8, 4) is 34.5 Å². The van der Waals surface area contributed by atoms with Crippen molar-refractivity contribution in [3.63, 3.8) is 0 Å². The molecule has 5 N–H and O–H groups in total. The molecule has 13 heteroatoms. The SMILES string of the molecule is COc1cc(O)c2c(c1OC)OC(c1cc(O)ccc1OC1OC(COC(C)=O)C(O)C(O)C1O)CC2=O. The number of fused-ring (bicyclic) bond motifs is 1. The van der Waals surface area contributed by atoms with Crippen molar-refractivity contribution in [2.45, 2.75) is 50.2 Å². The molecule has 2 aromatic rings. The highest BCUT2D eigenvalue weighted by Crippen LogP contribution is 2.51. The summed E-state index contributed by atoms with van der Waals surface area (Å²) in [7, 11) is 2.69. The van der Waals surface area contributed by atoms with Crippen LogP contribution in [0.2, 0.25) is 0 Å². The lowest BCUT2D eigenvalue weighted by atomic mass is 9.94. The van der Waals surface area contributed by atoms with E-state index >= 15 is 0 Å². The predicted octanol–water partition coefficient (Wildman–Crippen LogP) is 0.571. The van der Waals surface area contributed by atoms with E-state index in [0.717, 1.165) is 6.92 Å². The molecule has 6 atom stereocenters. The molecule has 2 aliphatic rings. The summed E-state index contributed by atoms with van der Waals surface area (Å²) in [5.41, 5.74) is 0.0688. The third-order valence-electron chi connectivity index (χ3n) is 6.22. The molecule has 0 aromatic heterocycles. The van der Waals surface area contributed by atoms with Crippen molar-refractivity contribution in [2.24, 2.45) is 0 Å². The molecule has 38 heavy (non-hydrogen) atoms. The van der Waals surface area contributed by atoms with Gasteiger partial charge in [0.05, 0.1) is 20.6 Å². The van der Waals surface area contributed by atoms with Gasteiger partial charge in [0.15, 0.2) is 17.3 Å². The van der Waals surface area contributed by atoms with Crippen molar-refractivity contribution in [1.29, 1.82) is 0 Å². The maximum Gasteiger partial charge on any atom is 0.302 e. The largest absolute Gasteiger partial charge is 0.508 e. The van der Waals surface area contributed by atoms with E-state index in [2.05, 4.69) is 0 Å².